The van der Waals surface area contributed by atoms with Gasteiger partial charge in [-0.25, -0.2) is 8.78 Å². The largest absolute Gasteiger partial charge is 0.375 e. The molecule has 1 atom stereocenters. The highest BCUT2D eigenvalue weighted by atomic mass is 19.3. The van der Waals surface area contributed by atoms with Crippen LogP contribution in [-0.4, -0.2) is 50.6 Å². The molecule has 0 fully saturated rings. The van der Waals surface area contributed by atoms with E-state index in [1.165, 1.54) is 7.11 Å². The summed E-state index contributed by atoms with van der Waals surface area (Å²) in [6.45, 7) is 1.48. The lowest BCUT2D eigenvalue weighted by molar-refractivity contribution is -0.132. The molecule has 0 saturated carbocycles. The van der Waals surface area contributed by atoms with Gasteiger partial charge in [0.05, 0.1) is 13.1 Å². The van der Waals surface area contributed by atoms with Gasteiger partial charge in [0.25, 0.3) is 5.92 Å². The summed E-state index contributed by atoms with van der Waals surface area (Å²) < 4.78 is 30.4. The first-order chi connectivity index (χ1) is 8.73. The van der Waals surface area contributed by atoms with Crippen LogP contribution in [0.1, 0.15) is 13.8 Å². The van der Waals surface area contributed by atoms with Gasteiger partial charge in [0.2, 0.25) is 11.8 Å². The zero-order valence-electron chi connectivity index (χ0n) is 11.3. The van der Waals surface area contributed by atoms with Gasteiger partial charge in [-0.05, 0) is 5.92 Å². The number of halogens is 2. The smallest absolute Gasteiger partial charge is 0.277 e. The van der Waals surface area contributed by atoms with Gasteiger partial charge in [-0.3, -0.25) is 9.59 Å². The van der Waals surface area contributed by atoms with Crippen molar-refractivity contribution in [2.24, 2.45) is 11.7 Å². The van der Waals surface area contributed by atoms with Gasteiger partial charge in [-0.1, -0.05) is 13.8 Å². The van der Waals surface area contributed by atoms with Crippen LogP contribution in [0, 0.1) is 5.92 Å². The molecule has 0 heterocycles. The van der Waals surface area contributed by atoms with Crippen LogP contribution in [0.4, 0.5) is 8.78 Å². The van der Waals surface area contributed by atoms with Gasteiger partial charge in [-0.2, -0.15) is 0 Å². The van der Waals surface area contributed by atoms with Crippen LogP contribution in [0.5, 0.6) is 0 Å². The summed E-state index contributed by atoms with van der Waals surface area (Å²) in [6, 6.07) is -0.892. The second-order valence-electron chi connectivity index (χ2n) is 4.50. The van der Waals surface area contributed by atoms with Crippen molar-refractivity contribution < 1.29 is 23.1 Å². The molecule has 6 nitrogen and oxygen atoms in total. The van der Waals surface area contributed by atoms with E-state index in [9.17, 15) is 18.4 Å². The molecule has 8 heteroatoms. The number of ether oxygens (including phenoxy) is 1. The summed E-state index contributed by atoms with van der Waals surface area (Å²) in [5.41, 5.74) is 4.86. The molecule has 0 unspecified atom stereocenters. The van der Waals surface area contributed by atoms with Crippen LogP contribution < -0.4 is 16.4 Å². The van der Waals surface area contributed by atoms with Crippen LogP contribution >= 0.6 is 0 Å². The van der Waals surface area contributed by atoms with Crippen molar-refractivity contribution in [1.29, 1.82) is 0 Å². The van der Waals surface area contributed by atoms with Crippen LogP contribution in [0.3, 0.4) is 0 Å². The number of nitrogens with one attached hydrogen (secondary N) is 2. The lowest BCUT2D eigenvalue weighted by Crippen LogP contribution is -2.53. The summed E-state index contributed by atoms with van der Waals surface area (Å²) >= 11 is 0. The first-order valence-corrected chi connectivity index (χ1v) is 5.87. The molecule has 0 rings (SSSR count). The van der Waals surface area contributed by atoms with E-state index in [2.05, 4.69) is 15.4 Å². The van der Waals surface area contributed by atoms with Crippen molar-refractivity contribution in [3.8, 4) is 0 Å². The van der Waals surface area contributed by atoms with Gasteiger partial charge < -0.3 is 21.1 Å². The van der Waals surface area contributed by atoms with Gasteiger partial charge in [0, 0.05) is 7.11 Å². The standard InChI is InChI=1S/C11H21F2N3O3/c1-7(2)9(16-8(17)4-19-3)10(18)15-6-11(12,13)5-14/h7,9H,4-6,14H2,1-3H3,(H,15,18)(H,16,17)/t9-/m0/s1. The number of nitrogens with two attached hydrogens (primary N) is 1. The van der Waals surface area contributed by atoms with E-state index in [0.717, 1.165) is 0 Å². The third-order valence-corrected chi connectivity index (χ3v) is 2.36. The number of carbonyl (C=O) groups excluding carboxylic acids is 2. The Morgan fingerprint density at radius 1 is 1.37 bits per heavy atom. The van der Waals surface area contributed by atoms with E-state index in [4.69, 9.17) is 5.73 Å². The summed E-state index contributed by atoms with van der Waals surface area (Å²) in [7, 11) is 1.34. The summed E-state index contributed by atoms with van der Waals surface area (Å²) in [5.74, 6) is -4.56. The molecule has 2 amide bonds. The number of amides is 2. The SMILES string of the molecule is COCC(=O)N[C@H](C(=O)NCC(F)(F)CN)C(C)C. The second kappa shape index (κ2) is 8.00. The first kappa shape index (κ1) is 17.7. The van der Waals surface area contributed by atoms with Gasteiger partial charge in [0.15, 0.2) is 0 Å². The molecule has 0 saturated heterocycles. The van der Waals surface area contributed by atoms with Crippen molar-refractivity contribution in [1.82, 2.24) is 10.6 Å². The minimum atomic E-state index is -3.16. The molecule has 112 valence electrons. The van der Waals surface area contributed by atoms with Crippen molar-refractivity contribution in [3.05, 3.63) is 0 Å². The second-order valence-corrected chi connectivity index (χ2v) is 4.50. The summed E-state index contributed by atoms with van der Waals surface area (Å²) in [4.78, 5) is 23.1. The molecule has 0 aromatic heterocycles. The topological polar surface area (TPSA) is 93.4 Å². The van der Waals surface area contributed by atoms with Gasteiger partial charge >= 0.3 is 0 Å². The minimum absolute atomic E-state index is 0.199. The van der Waals surface area contributed by atoms with Crippen molar-refractivity contribution in [3.63, 3.8) is 0 Å². The zero-order valence-corrected chi connectivity index (χ0v) is 11.3. The number of carbonyl (C=O) groups is 2. The fourth-order valence-corrected chi connectivity index (χ4v) is 1.28. The number of hydrogen-bond donors (Lipinski definition) is 3. The van der Waals surface area contributed by atoms with Crippen molar-refractivity contribution in [2.75, 3.05) is 26.8 Å². The molecular formula is C11H21F2N3O3. The highest BCUT2D eigenvalue weighted by molar-refractivity contribution is 5.88. The Labute approximate surface area is 111 Å². The Morgan fingerprint density at radius 2 is 1.95 bits per heavy atom. The van der Waals surface area contributed by atoms with Crippen molar-refractivity contribution in [2.45, 2.75) is 25.8 Å². The Morgan fingerprint density at radius 3 is 2.37 bits per heavy atom. The number of alkyl halides is 2. The fourth-order valence-electron chi connectivity index (χ4n) is 1.28. The predicted molar refractivity (Wildman–Crippen MR) is 65.7 cm³/mol. The van der Waals surface area contributed by atoms with Crippen molar-refractivity contribution >= 4 is 11.8 Å². The van der Waals surface area contributed by atoms with Crippen LogP contribution in [-0.2, 0) is 14.3 Å². The van der Waals surface area contributed by atoms with E-state index in [-0.39, 0.29) is 12.5 Å². The highest BCUT2D eigenvalue weighted by Crippen LogP contribution is 2.09. The summed E-state index contributed by atoms with van der Waals surface area (Å²) in [6.07, 6.45) is 0. The first-order valence-electron chi connectivity index (χ1n) is 5.87. The lowest BCUT2D eigenvalue weighted by Gasteiger charge is -2.23. The Hall–Kier alpha value is -1.28. The van der Waals surface area contributed by atoms with E-state index >= 15 is 0 Å². The zero-order chi connectivity index (χ0) is 15.1. The van der Waals surface area contributed by atoms with Crippen LogP contribution in [0.15, 0.2) is 0 Å². The third kappa shape index (κ3) is 7.02. The van der Waals surface area contributed by atoms with E-state index in [1.807, 2.05) is 0 Å². The number of methoxy groups -OCH3 is 1. The van der Waals surface area contributed by atoms with Gasteiger partial charge in [0.1, 0.15) is 12.6 Å². The number of hydrogen-bond acceptors (Lipinski definition) is 4. The monoisotopic (exact) mass is 281 g/mol. The predicted octanol–water partition coefficient (Wildman–Crippen LogP) is -0.516. The quantitative estimate of drug-likeness (QED) is 0.558. The maximum absolute atomic E-state index is 12.9. The van der Waals surface area contributed by atoms with E-state index < -0.39 is 36.9 Å². The maximum atomic E-state index is 12.9. The lowest BCUT2D eigenvalue weighted by atomic mass is 10.0. The van der Waals surface area contributed by atoms with Crippen LogP contribution in [0.25, 0.3) is 0 Å². The van der Waals surface area contributed by atoms with Crippen LogP contribution in [0.2, 0.25) is 0 Å². The minimum Gasteiger partial charge on any atom is -0.375 e. The molecule has 4 N–H and O–H groups in total. The molecule has 0 aliphatic heterocycles. The molecule has 0 aliphatic rings. The van der Waals surface area contributed by atoms with Gasteiger partial charge in [-0.15, -0.1) is 0 Å². The normalized spacial score (nSPS) is 13.2. The molecular weight excluding hydrogens is 260 g/mol. The molecule has 0 aliphatic carbocycles. The third-order valence-electron chi connectivity index (χ3n) is 2.36. The maximum Gasteiger partial charge on any atom is 0.277 e. The molecule has 19 heavy (non-hydrogen) atoms. The Bertz CT molecular complexity index is 312. The average molecular weight is 281 g/mol. The van der Waals surface area contributed by atoms with E-state index in [0.29, 0.717) is 0 Å². The molecule has 0 aromatic rings. The molecule has 0 aromatic carbocycles. The van der Waals surface area contributed by atoms with E-state index in [1.54, 1.807) is 13.8 Å². The highest BCUT2D eigenvalue weighted by Gasteiger charge is 2.30. The Kier molecular flexibility index (Phi) is 7.47. The fraction of sp³-hybridized carbons (Fsp3) is 0.818. The molecule has 0 radical (unpaired) electrons. The summed E-state index contributed by atoms with van der Waals surface area (Å²) in [5, 5.41) is 4.50. The average Bonchev–Trinajstić information content (AvgIpc) is 2.33. The molecule has 0 spiro atoms. The Balaban J connectivity index is 4.46. The molecule has 0 bridgehead atoms. The number of rotatable bonds is 8.